The molecule has 0 amide bonds. The van der Waals surface area contributed by atoms with Crippen LogP contribution < -0.4 is 10.1 Å². The first-order chi connectivity index (χ1) is 9.63. The van der Waals surface area contributed by atoms with Crippen LogP contribution in [0.1, 0.15) is 25.7 Å². The monoisotopic (exact) mass is 280 g/mol. The van der Waals surface area contributed by atoms with E-state index in [4.69, 9.17) is 9.47 Å². The molecule has 6 heteroatoms. The Hall–Kier alpha value is -1.82. The number of benzene rings is 1. The van der Waals surface area contributed by atoms with E-state index in [9.17, 15) is 10.1 Å². The second-order valence-electron chi connectivity index (χ2n) is 5.01. The molecule has 20 heavy (non-hydrogen) atoms. The molecule has 0 aromatic heterocycles. The first-order valence-electron chi connectivity index (χ1n) is 6.75. The maximum absolute atomic E-state index is 11.0. The van der Waals surface area contributed by atoms with Gasteiger partial charge in [-0.2, -0.15) is 0 Å². The van der Waals surface area contributed by atoms with E-state index in [0.29, 0.717) is 6.04 Å². The first kappa shape index (κ1) is 14.6. The van der Waals surface area contributed by atoms with Gasteiger partial charge in [-0.3, -0.25) is 10.1 Å². The molecule has 0 spiro atoms. The maximum Gasteiger partial charge on any atom is 0.312 e. The number of methoxy groups -OCH3 is 2. The molecule has 0 heterocycles. The summed E-state index contributed by atoms with van der Waals surface area (Å²) in [6, 6.07) is 5.25. The molecule has 0 aliphatic heterocycles. The molecular weight excluding hydrogens is 260 g/mol. The highest BCUT2D eigenvalue weighted by Gasteiger charge is 2.22. The highest BCUT2D eigenvalue weighted by molar-refractivity contribution is 5.58. The van der Waals surface area contributed by atoms with Crippen molar-refractivity contribution >= 4 is 11.4 Å². The van der Waals surface area contributed by atoms with Gasteiger partial charge >= 0.3 is 5.69 Å². The Balaban J connectivity index is 2.09. The molecule has 2 rings (SSSR count). The maximum atomic E-state index is 11.0. The van der Waals surface area contributed by atoms with Crippen molar-refractivity contribution in [2.24, 2.45) is 0 Å². The van der Waals surface area contributed by atoms with Gasteiger partial charge in [0.2, 0.25) is 0 Å². The van der Waals surface area contributed by atoms with Gasteiger partial charge in [0.05, 0.1) is 18.1 Å². The Morgan fingerprint density at radius 1 is 1.35 bits per heavy atom. The molecule has 1 aromatic carbocycles. The van der Waals surface area contributed by atoms with Crippen molar-refractivity contribution in [1.29, 1.82) is 0 Å². The Morgan fingerprint density at radius 3 is 2.80 bits per heavy atom. The molecule has 6 nitrogen and oxygen atoms in total. The molecule has 1 aliphatic carbocycles. The third-order valence-corrected chi connectivity index (χ3v) is 3.71. The van der Waals surface area contributed by atoms with Crippen LogP contribution in [-0.4, -0.2) is 31.3 Å². The number of nitro benzene ring substituents is 1. The molecule has 0 radical (unpaired) electrons. The molecule has 1 N–H and O–H groups in total. The van der Waals surface area contributed by atoms with Gasteiger partial charge in [0, 0.05) is 24.9 Å². The van der Waals surface area contributed by atoms with Gasteiger partial charge in [0.1, 0.15) is 0 Å². The van der Waals surface area contributed by atoms with Crippen LogP contribution in [0.2, 0.25) is 0 Å². The van der Waals surface area contributed by atoms with Crippen molar-refractivity contribution < 1.29 is 14.4 Å². The minimum absolute atomic E-state index is 0.0170. The number of rotatable bonds is 5. The number of nitro groups is 1. The fourth-order valence-electron chi connectivity index (χ4n) is 2.65. The largest absolute Gasteiger partial charge is 0.490 e. The summed E-state index contributed by atoms with van der Waals surface area (Å²) < 4.78 is 10.4. The number of hydrogen-bond donors (Lipinski definition) is 1. The van der Waals surface area contributed by atoms with Crippen molar-refractivity contribution in [1.82, 2.24) is 0 Å². The molecule has 1 fully saturated rings. The molecule has 2 unspecified atom stereocenters. The van der Waals surface area contributed by atoms with Gasteiger partial charge in [-0.25, -0.2) is 0 Å². The van der Waals surface area contributed by atoms with Crippen molar-refractivity contribution in [3.8, 4) is 5.75 Å². The van der Waals surface area contributed by atoms with E-state index < -0.39 is 4.92 Å². The molecule has 1 aliphatic rings. The van der Waals surface area contributed by atoms with E-state index in [1.807, 2.05) is 6.07 Å². The summed E-state index contributed by atoms with van der Waals surface area (Å²) in [4.78, 5) is 10.6. The summed E-state index contributed by atoms with van der Waals surface area (Å²) in [5, 5.41) is 14.4. The number of ether oxygens (including phenoxy) is 2. The first-order valence-corrected chi connectivity index (χ1v) is 6.75. The Morgan fingerprint density at radius 2 is 2.15 bits per heavy atom. The van der Waals surface area contributed by atoms with Gasteiger partial charge in [0.15, 0.2) is 5.75 Å². The number of hydrogen-bond acceptors (Lipinski definition) is 5. The Bertz CT molecular complexity index is 478. The van der Waals surface area contributed by atoms with Crippen LogP contribution >= 0.6 is 0 Å². The van der Waals surface area contributed by atoms with E-state index in [1.54, 1.807) is 13.2 Å². The summed E-state index contributed by atoms with van der Waals surface area (Å²) in [7, 11) is 3.16. The van der Waals surface area contributed by atoms with Crippen molar-refractivity contribution in [3.63, 3.8) is 0 Å². The normalized spacial score (nSPS) is 22.3. The molecule has 2 atom stereocenters. The summed E-state index contributed by atoms with van der Waals surface area (Å²) >= 11 is 0. The lowest BCUT2D eigenvalue weighted by Gasteiger charge is -2.29. The van der Waals surface area contributed by atoms with Gasteiger partial charge in [-0.15, -0.1) is 0 Å². The standard InChI is InChI=1S/C14H20N2O4/c1-19-12-5-3-4-10(8-12)15-11-6-7-14(20-2)13(9-11)16(17)18/h6-7,9-10,12,15H,3-5,8H2,1-2H3. The molecule has 1 saturated carbocycles. The quantitative estimate of drug-likeness (QED) is 0.663. The smallest absolute Gasteiger partial charge is 0.312 e. The third kappa shape index (κ3) is 3.39. The zero-order valence-electron chi connectivity index (χ0n) is 11.8. The fourth-order valence-corrected chi connectivity index (χ4v) is 2.65. The molecule has 1 aromatic rings. The summed E-state index contributed by atoms with van der Waals surface area (Å²) in [5.41, 5.74) is 0.732. The lowest BCUT2D eigenvalue weighted by atomic mass is 9.92. The van der Waals surface area contributed by atoms with Gasteiger partial charge in [-0.05, 0) is 37.8 Å². The fraction of sp³-hybridized carbons (Fsp3) is 0.571. The minimum atomic E-state index is -0.428. The Labute approximate surface area is 118 Å². The summed E-state index contributed by atoms with van der Waals surface area (Å²) in [5.74, 6) is 0.277. The van der Waals surface area contributed by atoms with Crippen LogP contribution in [0.25, 0.3) is 0 Å². The van der Waals surface area contributed by atoms with Crippen molar-refractivity contribution in [3.05, 3.63) is 28.3 Å². The van der Waals surface area contributed by atoms with Crippen LogP contribution in [0.3, 0.4) is 0 Å². The number of nitrogens with one attached hydrogen (secondary N) is 1. The summed E-state index contributed by atoms with van der Waals surface area (Å²) in [6.07, 6.45) is 4.44. The SMILES string of the molecule is COc1ccc(NC2CCCC(OC)C2)cc1[N+](=O)[O-]. The minimum Gasteiger partial charge on any atom is -0.490 e. The number of anilines is 1. The van der Waals surface area contributed by atoms with E-state index >= 15 is 0 Å². The molecule has 0 saturated heterocycles. The summed E-state index contributed by atoms with van der Waals surface area (Å²) in [6.45, 7) is 0. The molecule has 110 valence electrons. The van der Waals surface area contributed by atoms with E-state index in [0.717, 1.165) is 31.4 Å². The highest BCUT2D eigenvalue weighted by atomic mass is 16.6. The van der Waals surface area contributed by atoms with Gasteiger partial charge in [-0.1, -0.05) is 0 Å². The zero-order valence-corrected chi connectivity index (χ0v) is 11.8. The predicted octanol–water partition coefficient (Wildman–Crippen LogP) is 2.97. The second kappa shape index (κ2) is 6.56. The van der Waals surface area contributed by atoms with Crippen LogP contribution in [0.4, 0.5) is 11.4 Å². The van der Waals surface area contributed by atoms with E-state index in [2.05, 4.69) is 5.32 Å². The second-order valence-corrected chi connectivity index (χ2v) is 5.01. The predicted molar refractivity (Wildman–Crippen MR) is 76.3 cm³/mol. The van der Waals surface area contributed by atoms with Crippen molar-refractivity contribution in [2.45, 2.75) is 37.8 Å². The van der Waals surface area contributed by atoms with Crippen LogP contribution in [0.5, 0.6) is 5.75 Å². The van der Waals surface area contributed by atoms with Crippen LogP contribution in [0.15, 0.2) is 18.2 Å². The van der Waals surface area contributed by atoms with Gasteiger partial charge < -0.3 is 14.8 Å². The highest BCUT2D eigenvalue weighted by Crippen LogP contribution is 2.31. The zero-order chi connectivity index (χ0) is 14.5. The van der Waals surface area contributed by atoms with Crippen molar-refractivity contribution in [2.75, 3.05) is 19.5 Å². The third-order valence-electron chi connectivity index (χ3n) is 3.71. The van der Waals surface area contributed by atoms with Crippen LogP contribution in [0, 0.1) is 10.1 Å². The lowest BCUT2D eigenvalue weighted by Crippen LogP contribution is -2.31. The topological polar surface area (TPSA) is 73.6 Å². The van der Waals surface area contributed by atoms with Gasteiger partial charge in [0.25, 0.3) is 0 Å². The lowest BCUT2D eigenvalue weighted by molar-refractivity contribution is -0.385. The average molecular weight is 280 g/mol. The Kier molecular flexibility index (Phi) is 4.79. The van der Waals surface area contributed by atoms with Crippen LogP contribution in [-0.2, 0) is 4.74 Å². The van der Waals surface area contributed by atoms with E-state index in [1.165, 1.54) is 13.2 Å². The molecular formula is C14H20N2O4. The molecule has 0 bridgehead atoms. The number of nitrogens with zero attached hydrogens (tertiary/aromatic N) is 1. The van der Waals surface area contributed by atoms with E-state index in [-0.39, 0.29) is 17.5 Å². The average Bonchev–Trinajstić information content (AvgIpc) is 2.47.